The zero-order valence-electron chi connectivity index (χ0n) is 29.9. The highest BCUT2D eigenvalue weighted by Gasteiger charge is 2.33. The molecule has 1 fully saturated rings. The first-order chi connectivity index (χ1) is 25.9. The van der Waals surface area contributed by atoms with E-state index >= 15 is 0 Å². The molecule has 4 aromatic rings. The topological polar surface area (TPSA) is 140 Å². The molecule has 288 valence electrons. The normalized spacial score (nSPS) is 13.7. The van der Waals surface area contributed by atoms with Crippen LogP contribution < -0.4 is 15.6 Å². The SMILES string of the molecule is CCOP(=O)(CCCc1cn(Cc2cccc(C(=O)Nc3ccc(N4CCCCC4)cc3C(=O)NN=Cc3ccc(Cl)c(C(F)(F)F)c3)c2)nn1)OCC. The molecule has 0 saturated carbocycles. The number of aromatic nitrogens is 3. The van der Waals surface area contributed by atoms with Gasteiger partial charge < -0.3 is 19.3 Å². The van der Waals surface area contributed by atoms with Crippen molar-refractivity contribution in [1.29, 1.82) is 0 Å². The average Bonchev–Trinajstić information content (AvgIpc) is 3.59. The van der Waals surface area contributed by atoms with Crippen molar-refractivity contribution in [3.8, 4) is 0 Å². The summed E-state index contributed by atoms with van der Waals surface area (Å²) in [6, 6.07) is 15.4. The average molecular weight is 788 g/mol. The Bertz CT molecular complexity index is 1990. The number of benzene rings is 3. The lowest BCUT2D eigenvalue weighted by Crippen LogP contribution is -2.30. The van der Waals surface area contributed by atoms with Crippen molar-refractivity contribution < 1.29 is 36.4 Å². The first kappa shape index (κ1) is 40.6. The third-order valence-electron chi connectivity index (χ3n) is 8.53. The van der Waals surface area contributed by atoms with Gasteiger partial charge in [0.25, 0.3) is 11.8 Å². The number of halogens is 4. The maximum absolute atomic E-state index is 13.6. The lowest BCUT2D eigenvalue weighted by Gasteiger charge is -2.29. The van der Waals surface area contributed by atoms with Crippen molar-refractivity contribution >= 4 is 48.6 Å². The van der Waals surface area contributed by atoms with Crippen LogP contribution in [-0.2, 0) is 32.8 Å². The number of hydrogen-bond donors (Lipinski definition) is 2. The number of nitrogens with one attached hydrogen (secondary N) is 2. The summed E-state index contributed by atoms with van der Waals surface area (Å²) < 4.78 is 65.1. The van der Waals surface area contributed by atoms with Gasteiger partial charge in [0.2, 0.25) is 0 Å². The summed E-state index contributed by atoms with van der Waals surface area (Å²) >= 11 is 5.72. The van der Waals surface area contributed by atoms with Crippen LogP contribution in [0.1, 0.15) is 82.6 Å². The van der Waals surface area contributed by atoms with E-state index in [0.717, 1.165) is 62.0 Å². The Morgan fingerprint density at radius 1 is 1.00 bits per heavy atom. The number of nitrogens with zero attached hydrogens (tertiary/aromatic N) is 5. The Kier molecular flexibility index (Phi) is 14.0. The highest BCUT2D eigenvalue weighted by Crippen LogP contribution is 2.48. The molecule has 5 rings (SSSR count). The Balaban J connectivity index is 1.27. The van der Waals surface area contributed by atoms with E-state index in [1.165, 1.54) is 6.07 Å². The highest BCUT2D eigenvalue weighted by molar-refractivity contribution is 7.53. The van der Waals surface area contributed by atoms with E-state index in [4.69, 9.17) is 20.6 Å². The van der Waals surface area contributed by atoms with Gasteiger partial charge in [0.1, 0.15) is 0 Å². The Morgan fingerprint density at radius 2 is 1.76 bits per heavy atom. The summed E-state index contributed by atoms with van der Waals surface area (Å²) in [7, 11) is -3.15. The Morgan fingerprint density at radius 3 is 2.48 bits per heavy atom. The second-order valence-electron chi connectivity index (χ2n) is 12.5. The fourth-order valence-electron chi connectivity index (χ4n) is 5.98. The molecule has 2 heterocycles. The molecule has 1 aliphatic rings. The van der Waals surface area contributed by atoms with Crippen LogP contribution in [0, 0.1) is 0 Å². The predicted molar refractivity (Wildman–Crippen MR) is 202 cm³/mol. The van der Waals surface area contributed by atoms with E-state index in [1.807, 2.05) is 12.1 Å². The molecule has 0 radical (unpaired) electrons. The van der Waals surface area contributed by atoms with Crippen LogP contribution >= 0.6 is 19.2 Å². The Labute approximate surface area is 316 Å². The van der Waals surface area contributed by atoms with Gasteiger partial charge in [0.15, 0.2) is 0 Å². The van der Waals surface area contributed by atoms with Crippen LogP contribution in [-0.4, -0.2) is 65.5 Å². The van der Waals surface area contributed by atoms with Gasteiger partial charge in [0, 0.05) is 30.5 Å². The van der Waals surface area contributed by atoms with Crippen LogP contribution in [0.2, 0.25) is 5.02 Å². The molecule has 17 heteroatoms. The van der Waals surface area contributed by atoms with Gasteiger partial charge in [-0.25, -0.2) is 10.1 Å². The van der Waals surface area contributed by atoms with Gasteiger partial charge in [-0.2, -0.15) is 18.3 Å². The van der Waals surface area contributed by atoms with Gasteiger partial charge in [-0.1, -0.05) is 35.0 Å². The van der Waals surface area contributed by atoms with Crippen molar-refractivity contribution in [1.82, 2.24) is 20.4 Å². The lowest BCUT2D eigenvalue weighted by atomic mass is 10.1. The van der Waals surface area contributed by atoms with Crippen LogP contribution in [0.25, 0.3) is 0 Å². The maximum atomic E-state index is 13.6. The van der Waals surface area contributed by atoms with E-state index in [9.17, 15) is 27.3 Å². The fourth-order valence-corrected chi connectivity index (χ4v) is 7.87. The standard InChI is InChI=1S/C37H42ClF3N7O5P/c1-3-52-54(51,53-4-2)19-9-12-29-25-48(46-44-29)24-27-10-8-11-28(20-27)35(49)43-34-16-14-30(47-17-6-5-7-18-47)22-31(34)36(50)45-42-23-26-13-15-33(38)32(21-26)37(39,40)41/h8,10-11,13-16,20-23,25H,3-7,9,12,17-19,24H2,1-2H3,(H,43,49)(H,45,50). The molecule has 0 unspecified atom stereocenters. The van der Waals surface area contributed by atoms with Gasteiger partial charge in [-0.15, -0.1) is 5.10 Å². The van der Waals surface area contributed by atoms with Gasteiger partial charge in [-0.05, 0) is 99.5 Å². The molecule has 0 bridgehead atoms. The minimum absolute atomic E-state index is 0.0798. The fraction of sp³-hybridized carbons (Fsp3) is 0.378. The number of hydrogen-bond acceptors (Lipinski definition) is 9. The largest absolute Gasteiger partial charge is 0.417 e. The molecule has 0 atom stereocenters. The lowest BCUT2D eigenvalue weighted by molar-refractivity contribution is -0.137. The van der Waals surface area contributed by atoms with E-state index in [2.05, 4.69) is 31.1 Å². The molecule has 2 N–H and O–H groups in total. The number of carbonyl (C=O) groups is 2. The zero-order chi connectivity index (χ0) is 38.7. The number of rotatable bonds is 16. The highest BCUT2D eigenvalue weighted by atomic mass is 35.5. The minimum Gasteiger partial charge on any atom is -0.372 e. The molecule has 3 aromatic carbocycles. The van der Waals surface area contributed by atoms with Crippen LogP contribution in [0.15, 0.2) is 72.0 Å². The second-order valence-corrected chi connectivity index (χ2v) is 15.1. The summed E-state index contributed by atoms with van der Waals surface area (Å²) in [6.45, 7) is 6.09. The number of carbonyl (C=O) groups excluding carboxylic acids is 2. The third kappa shape index (κ3) is 11.2. The summed E-state index contributed by atoms with van der Waals surface area (Å²) in [5, 5.41) is 14.7. The molecule has 1 saturated heterocycles. The van der Waals surface area contributed by atoms with E-state index < -0.39 is 36.2 Å². The molecule has 2 amide bonds. The number of hydrazone groups is 1. The number of alkyl halides is 3. The Hall–Kier alpha value is -4.56. The van der Waals surface area contributed by atoms with E-state index in [-0.39, 0.29) is 23.0 Å². The van der Waals surface area contributed by atoms with Crippen LogP contribution in [0.3, 0.4) is 0 Å². The van der Waals surface area contributed by atoms with E-state index in [0.29, 0.717) is 43.9 Å². The van der Waals surface area contributed by atoms with E-state index in [1.54, 1.807) is 55.1 Å². The first-order valence-corrected chi connectivity index (χ1v) is 19.7. The molecule has 0 spiro atoms. The quantitative estimate of drug-likeness (QED) is 0.0658. The molecule has 1 aromatic heterocycles. The third-order valence-corrected chi connectivity index (χ3v) is 11.0. The van der Waals surface area contributed by atoms with Crippen LogP contribution in [0.5, 0.6) is 0 Å². The first-order valence-electron chi connectivity index (χ1n) is 17.6. The molecule has 12 nitrogen and oxygen atoms in total. The number of amides is 2. The molecular formula is C37H42ClF3N7O5P. The zero-order valence-corrected chi connectivity index (χ0v) is 31.6. The predicted octanol–water partition coefficient (Wildman–Crippen LogP) is 8.20. The van der Waals surface area contributed by atoms with Crippen molar-refractivity contribution in [2.24, 2.45) is 5.10 Å². The summed E-state index contributed by atoms with van der Waals surface area (Å²) in [6.07, 6.45) is 2.68. The number of piperidine rings is 1. The molecular weight excluding hydrogens is 746 g/mol. The second kappa shape index (κ2) is 18.7. The summed E-state index contributed by atoms with van der Waals surface area (Å²) in [5.74, 6) is -1.13. The van der Waals surface area contributed by atoms with Gasteiger partial charge in [-0.3, -0.25) is 14.2 Å². The van der Waals surface area contributed by atoms with Crippen molar-refractivity contribution in [3.05, 3.63) is 105 Å². The van der Waals surface area contributed by atoms with Gasteiger partial charge in [0.05, 0.1) is 59.7 Å². The smallest absolute Gasteiger partial charge is 0.372 e. The molecule has 1 aliphatic heterocycles. The molecule has 0 aliphatic carbocycles. The maximum Gasteiger partial charge on any atom is 0.417 e. The van der Waals surface area contributed by atoms with Crippen LogP contribution in [0.4, 0.5) is 24.5 Å². The van der Waals surface area contributed by atoms with Crippen molar-refractivity contribution in [3.63, 3.8) is 0 Å². The van der Waals surface area contributed by atoms with Gasteiger partial charge >= 0.3 is 13.8 Å². The number of aryl methyl sites for hydroxylation is 1. The monoisotopic (exact) mass is 787 g/mol. The molecule has 54 heavy (non-hydrogen) atoms. The van der Waals surface area contributed by atoms with Crippen molar-refractivity contribution in [2.45, 2.75) is 58.7 Å². The summed E-state index contributed by atoms with van der Waals surface area (Å²) in [5.41, 5.74) is 4.41. The minimum atomic E-state index is -4.66. The number of anilines is 2. The summed E-state index contributed by atoms with van der Waals surface area (Å²) in [4.78, 5) is 29.2. The van der Waals surface area contributed by atoms with Crippen molar-refractivity contribution in [2.75, 3.05) is 42.7 Å².